The molecular weight excluding hydrogens is 904 g/mol. The van der Waals surface area contributed by atoms with E-state index in [4.69, 9.17) is 4.98 Å². The van der Waals surface area contributed by atoms with Crippen molar-refractivity contribution in [3.05, 3.63) is 95.5 Å². The fourth-order valence-corrected chi connectivity index (χ4v) is 9.03. The molecule has 0 radical (unpaired) electrons. The average molecular weight is 938 g/mol. The number of anilines is 2. The summed E-state index contributed by atoms with van der Waals surface area (Å²) in [5.74, 6) is 1.15. The van der Waals surface area contributed by atoms with Gasteiger partial charge in [-0.05, 0) is 88.4 Å². The highest BCUT2D eigenvalue weighted by Gasteiger charge is 2.48. The first-order valence-corrected chi connectivity index (χ1v) is 20.5. The number of hydrogen-bond acceptors (Lipinski definition) is 8. The highest BCUT2D eigenvalue weighted by Crippen LogP contribution is 2.44. The Morgan fingerprint density at radius 1 is 0.800 bits per heavy atom. The maximum Gasteiger partial charge on any atom is 0.501 e. The molecule has 19 heteroatoms. The normalized spacial score (nSPS) is 15.2. The van der Waals surface area contributed by atoms with Gasteiger partial charge < -0.3 is 33.8 Å². The van der Waals surface area contributed by atoms with Gasteiger partial charge in [-0.3, -0.25) is 0 Å². The Balaban J connectivity index is 0.00000580. The van der Waals surface area contributed by atoms with E-state index < -0.39 is 40.5 Å². The second-order valence-corrected chi connectivity index (χ2v) is 16.9. The number of halogens is 7. The first-order valence-electron chi connectivity index (χ1n) is 16.7. The van der Waals surface area contributed by atoms with Gasteiger partial charge in [-0.25, -0.2) is 31.0 Å². The second kappa shape index (κ2) is 15.5. The summed E-state index contributed by atoms with van der Waals surface area (Å²) in [6.07, 6.45) is 7.12. The molecule has 294 valence electrons. The summed E-state index contributed by atoms with van der Waals surface area (Å²) in [5, 5.41) is 0.616. The lowest BCUT2D eigenvalue weighted by Gasteiger charge is -2.23. The van der Waals surface area contributed by atoms with Crippen LogP contribution in [0.5, 0.6) is 0 Å². The number of aromatic nitrogens is 3. The largest absolute Gasteiger partial charge is 1.00 e. The first-order chi connectivity index (χ1) is 25.4. The number of rotatable bonds is 10. The molecule has 3 heterocycles. The highest BCUT2D eigenvalue weighted by atomic mass is 127. The minimum Gasteiger partial charge on any atom is -1.00 e. The van der Waals surface area contributed by atoms with E-state index in [-0.39, 0.29) is 24.0 Å². The van der Waals surface area contributed by atoms with Gasteiger partial charge in [0.15, 0.2) is 11.0 Å². The van der Waals surface area contributed by atoms with Crippen molar-refractivity contribution in [2.24, 2.45) is 0 Å². The van der Waals surface area contributed by atoms with E-state index in [2.05, 4.69) is 0 Å². The van der Waals surface area contributed by atoms with Gasteiger partial charge in [0.25, 0.3) is 25.5 Å². The van der Waals surface area contributed by atoms with Crippen LogP contribution >= 0.6 is 11.3 Å². The molecule has 0 aliphatic carbocycles. The van der Waals surface area contributed by atoms with Crippen molar-refractivity contribution in [2.75, 3.05) is 22.9 Å². The van der Waals surface area contributed by atoms with Crippen molar-refractivity contribution < 1.29 is 71.7 Å². The van der Waals surface area contributed by atoms with Crippen molar-refractivity contribution in [3.8, 4) is 0 Å². The number of sulfone groups is 2. The van der Waals surface area contributed by atoms with Crippen LogP contribution in [-0.4, -0.2) is 50.5 Å². The summed E-state index contributed by atoms with van der Waals surface area (Å²) in [6, 6.07) is 14.2. The molecule has 0 spiro atoms. The van der Waals surface area contributed by atoms with Crippen molar-refractivity contribution in [2.45, 2.75) is 61.6 Å². The maximum absolute atomic E-state index is 13.5. The molecule has 0 bridgehead atoms. The molecule has 0 amide bonds. The zero-order valence-corrected chi connectivity index (χ0v) is 34.3. The van der Waals surface area contributed by atoms with Gasteiger partial charge in [0.05, 0.1) is 44.5 Å². The minimum absolute atomic E-state index is 0. The molecule has 0 saturated carbocycles. The molecule has 5 aromatic rings. The van der Waals surface area contributed by atoms with Gasteiger partial charge in [0.1, 0.15) is 10.8 Å². The SMILES string of the molecule is CCN1\C(=C/C=C(/C=C/c2n(CC)c3cc(S(=O)(=O)C(F)(F)F)ccc3[n+]2CC)c2nc3ccccc3s2)N(CC)c2cc(S(=O)(=O)C(F)(F)F)ccc21.[I-]. The first kappa shape index (κ1) is 42.2. The van der Waals surface area contributed by atoms with Crippen molar-refractivity contribution in [1.29, 1.82) is 0 Å². The Kier molecular flexibility index (Phi) is 11.9. The van der Waals surface area contributed by atoms with E-state index in [1.807, 2.05) is 47.6 Å². The number of para-hydroxylation sites is 1. The third-order valence-electron chi connectivity index (χ3n) is 9.02. The fraction of sp³-hybridized carbons (Fsp3) is 0.278. The molecule has 1 aliphatic heterocycles. The Bertz CT molecular complexity index is 2560. The molecule has 0 N–H and O–H groups in total. The monoisotopic (exact) mass is 937 g/mol. The van der Waals surface area contributed by atoms with Gasteiger partial charge in [-0.1, -0.05) is 12.1 Å². The number of aryl methyl sites for hydroxylation is 2. The van der Waals surface area contributed by atoms with E-state index >= 15 is 0 Å². The van der Waals surface area contributed by atoms with Crippen molar-refractivity contribution >= 4 is 75.3 Å². The average Bonchev–Trinajstić information content (AvgIpc) is 3.78. The van der Waals surface area contributed by atoms with Crippen LogP contribution in [0.4, 0.5) is 37.7 Å². The number of hydrogen-bond donors (Lipinski definition) is 0. The molecule has 2 aromatic heterocycles. The molecule has 55 heavy (non-hydrogen) atoms. The van der Waals surface area contributed by atoms with Gasteiger partial charge >= 0.3 is 11.0 Å². The summed E-state index contributed by atoms with van der Waals surface area (Å²) in [4.78, 5) is 6.67. The molecule has 0 fully saturated rings. The molecule has 9 nitrogen and oxygen atoms in total. The summed E-state index contributed by atoms with van der Waals surface area (Å²) in [7, 11) is -11.2. The Hall–Kier alpha value is -3.95. The highest BCUT2D eigenvalue weighted by molar-refractivity contribution is 7.92. The zero-order chi connectivity index (χ0) is 39.4. The lowest BCUT2D eigenvalue weighted by Crippen LogP contribution is -3.00. The van der Waals surface area contributed by atoms with E-state index in [1.165, 1.54) is 23.5 Å². The third-order valence-corrected chi connectivity index (χ3v) is 13.1. The Labute approximate surface area is 334 Å². The molecule has 0 unspecified atom stereocenters. The number of benzene rings is 3. The van der Waals surface area contributed by atoms with Crippen LogP contribution in [0.3, 0.4) is 0 Å². The van der Waals surface area contributed by atoms with Gasteiger partial charge in [-0.2, -0.15) is 26.3 Å². The van der Waals surface area contributed by atoms with Gasteiger partial charge in [0.2, 0.25) is 0 Å². The quantitative estimate of drug-likeness (QED) is 0.0794. The third kappa shape index (κ3) is 7.39. The van der Waals surface area contributed by atoms with Crippen LogP contribution in [0, 0.1) is 0 Å². The fourth-order valence-electron chi connectivity index (χ4n) is 6.49. The number of allylic oxidation sites excluding steroid dienone is 4. The van der Waals surface area contributed by atoms with Crippen LogP contribution < -0.4 is 38.3 Å². The Morgan fingerprint density at radius 3 is 1.98 bits per heavy atom. The minimum atomic E-state index is -5.59. The number of alkyl halides is 6. The smallest absolute Gasteiger partial charge is 0.501 e. The summed E-state index contributed by atoms with van der Waals surface area (Å²) in [5.41, 5.74) is -7.93. The standard InChI is InChI=1S/C36H34F6N5O4S3.HI/c1-5-44-27-17-15-24(53(48,49)35(37,38)39)21-29(27)46(7-3)32(44)19-13-23(34-43-26-11-9-10-12-31(26)52-34)14-20-33-45(6-2)28-18-16-25(22-30(28)47(33)8-4)54(50,51)36(40,41)42;/h9-22H,5-8H2,1-4H3;1H/q+1;/p-1. The van der Waals surface area contributed by atoms with E-state index in [9.17, 15) is 43.2 Å². The second-order valence-electron chi connectivity index (χ2n) is 12.0. The van der Waals surface area contributed by atoms with Crippen LogP contribution in [0.2, 0.25) is 0 Å². The molecule has 1 aliphatic rings. The predicted molar refractivity (Wildman–Crippen MR) is 197 cm³/mol. The van der Waals surface area contributed by atoms with Crippen LogP contribution in [0.25, 0.3) is 32.9 Å². The molecule has 3 aromatic carbocycles. The Morgan fingerprint density at radius 2 is 1.40 bits per heavy atom. The predicted octanol–water partition coefficient (Wildman–Crippen LogP) is 5.47. The van der Waals surface area contributed by atoms with E-state index in [0.717, 1.165) is 34.5 Å². The lowest BCUT2D eigenvalue weighted by molar-refractivity contribution is -0.670. The summed E-state index contributed by atoms with van der Waals surface area (Å²) >= 11 is 1.42. The topological polar surface area (TPSA) is 96.5 Å². The number of thiazole rings is 1. The number of nitrogens with zero attached hydrogens (tertiary/aromatic N) is 5. The molecular formula is C36H34F6IN5O4S3. The van der Waals surface area contributed by atoms with Crippen molar-refractivity contribution in [3.63, 3.8) is 0 Å². The molecule has 0 atom stereocenters. The number of fused-ring (bicyclic) bond motifs is 3. The zero-order valence-electron chi connectivity index (χ0n) is 29.7. The summed E-state index contributed by atoms with van der Waals surface area (Å²) < 4.78 is 134. The van der Waals surface area contributed by atoms with Crippen molar-refractivity contribution in [1.82, 2.24) is 9.55 Å². The van der Waals surface area contributed by atoms with Gasteiger partial charge in [-0.15, -0.1) is 11.3 Å². The molecule has 6 rings (SSSR count). The lowest BCUT2D eigenvalue weighted by atomic mass is 10.2. The molecule has 0 saturated heterocycles. The van der Waals surface area contributed by atoms with Crippen LogP contribution in [0.1, 0.15) is 38.5 Å². The van der Waals surface area contributed by atoms with Crippen LogP contribution in [-0.2, 0) is 32.8 Å². The van der Waals surface area contributed by atoms with Crippen LogP contribution in [0.15, 0.2) is 94.5 Å². The van der Waals surface area contributed by atoms with Gasteiger partial charge in [0, 0.05) is 30.8 Å². The number of imidazole rings is 1. The maximum atomic E-state index is 13.5. The van der Waals surface area contributed by atoms with E-state index in [1.54, 1.807) is 47.6 Å². The van der Waals surface area contributed by atoms with E-state index in [0.29, 0.717) is 70.8 Å². The summed E-state index contributed by atoms with van der Waals surface area (Å²) in [6.45, 7) is 8.69.